The number of halogens is 3. The number of carbonyl (C=O) groups excluding carboxylic acids is 3. The zero-order valence-corrected chi connectivity index (χ0v) is 37.0. The molecule has 19 heteroatoms. The van der Waals surface area contributed by atoms with Crippen LogP contribution in [0.2, 0.25) is 0 Å². The fourth-order valence-corrected chi connectivity index (χ4v) is 6.69. The van der Waals surface area contributed by atoms with Crippen LogP contribution in [-0.4, -0.2) is 101 Å². The van der Waals surface area contributed by atoms with Crippen LogP contribution >= 0.6 is 24.8 Å². The molecule has 338 valence electrons. The number of nitrogens with two attached hydrogens (primary N) is 2. The summed E-state index contributed by atoms with van der Waals surface area (Å²) in [5.41, 5.74) is 16.0. The largest absolute Gasteiger partial charge is 0.399 e. The highest BCUT2D eigenvalue weighted by molar-refractivity contribution is 5.85. The summed E-state index contributed by atoms with van der Waals surface area (Å²) >= 11 is 0. The Hall–Kier alpha value is -5.26. The summed E-state index contributed by atoms with van der Waals surface area (Å²) in [6.07, 6.45) is 7.95. The third-order valence-electron chi connectivity index (χ3n) is 10.0. The lowest BCUT2D eigenvalue weighted by Gasteiger charge is -2.15. The number of amides is 3. The topological polar surface area (TPSA) is 223 Å². The molecule has 0 radical (unpaired) electrons. The monoisotopic (exact) mass is 893 g/mol. The van der Waals surface area contributed by atoms with Crippen LogP contribution in [0.1, 0.15) is 74.5 Å². The highest BCUT2D eigenvalue weighted by Crippen LogP contribution is 2.22. The van der Waals surface area contributed by atoms with Crippen molar-refractivity contribution in [3.63, 3.8) is 0 Å². The molecule has 0 bridgehead atoms. The van der Waals surface area contributed by atoms with E-state index in [9.17, 15) is 39.0 Å². The minimum atomic E-state index is -0.533. The van der Waals surface area contributed by atoms with Gasteiger partial charge < -0.3 is 36.8 Å². The summed E-state index contributed by atoms with van der Waals surface area (Å²) < 4.78 is 12.4. The molecule has 0 aliphatic carbocycles. The molecule has 3 aliphatic heterocycles. The van der Waals surface area contributed by atoms with Gasteiger partial charge in [0.25, 0.3) is 11.4 Å². The first kappa shape index (κ1) is 53.8. The summed E-state index contributed by atoms with van der Waals surface area (Å²) in [6.45, 7) is 12.8. The predicted octanol–water partition coefficient (Wildman–Crippen LogP) is 7.17. The second kappa shape index (κ2) is 28.3. The third-order valence-corrected chi connectivity index (χ3v) is 10.0. The van der Waals surface area contributed by atoms with Gasteiger partial charge >= 0.3 is 0 Å². The smallest absolute Gasteiger partial charge is 0.272 e. The molecule has 3 aromatic rings. The molecule has 3 saturated heterocycles. The number of benzene rings is 3. The zero-order chi connectivity index (χ0) is 43.3. The fourth-order valence-electron chi connectivity index (χ4n) is 6.69. The minimum absolute atomic E-state index is 0. The van der Waals surface area contributed by atoms with Gasteiger partial charge in [-0.05, 0) is 114 Å². The van der Waals surface area contributed by atoms with E-state index in [0.29, 0.717) is 35.9 Å². The van der Waals surface area contributed by atoms with E-state index < -0.39 is 10.7 Å². The van der Waals surface area contributed by atoms with Gasteiger partial charge in [-0.25, -0.2) is 4.39 Å². The summed E-state index contributed by atoms with van der Waals surface area (Å²) in [5.74, 6) is 0.399. The standard InChI is InChI=1S/C14H19N3O3.C14H21N3O.C7H6FNO2.C7H14N2O.2ClH/c1-11-10-12(5-6-13(11)17(19)20)15-7-3-9-16-8-2-4-14(16)18;1-11-10-12(5-6-13(11)15)16-7-3-9-17-8-2-4-14(17)18;1-5-4-6(8)2-3-7(5)9(10)11;8-4-2-6-9-5-1-3-7(9)10;;/h5-6,10,15H,2-4,7-9H2,1H3;5-6,10,16H,2-4,7-9,15H2,1H3;2-4H,1H3;1-6,8H2;2*1H. The molecule has 3 aromatic carbocycles. The second-order valence-corrected chi connectivity index (χ2v) is 14.7. The van der Waals surface area contributed by atoms with Gasteiger partial charge in [0.2, 0.25) is 17.7 Å². The molecule has 61 heavy (non-hydrogen) atoms. The summed E-state index contributed by atoms with van der Waals surface area (Å²) in [7, 11) is 0. The van der Waals surface area contributed by atoms with Gasteiger partial charge in [-0.3, -0.25) is 34.6 Å². The highest BCUT2D eigenvalue weighted by Gasteiger charge is 2.20. The van der Waals surface area contributed by atoms with Crippen molar-refractivity contribution in [3.8, 4) is 0 Å². The van der Waals surface area contributed by atoms with Crippen LogP contribution in [0, 0.1) is 46.8 Å². The molecule has 3 fully saturated rings. The Morgan fingerprint density at radius 3 is 1.38 bits per heavy atom. The third kappa shape index (κ3) is 18.9. The molecule has 16 nitrogen and oxygen atoms in total. The van der Waals surface area contributed by atoms with E-state index in [2.05, 4.69) is 16.7 Å². The van der Waals surface area contributed by atoms with Crippen molar-refractivity contribution in [1.82, 2.24) is 14.7 Å². The van der Waals surface area contributed by atoms with Crippen LogP contribution in [0.15, 0.2) is 54.6 Å². The number of nitro groups is 2. The van der Waals surface area contributed by atoms with E-state index in [1.807, 2.05) is 33.8 Å². The molecule has 0 unspecified atom stereocenters. The normalized spacial score (nSPS) is 14.0. The Morgan fingerprint density at radius 1 is 0.623 bits per heavy atom. The average molecular weight is 895 g/mol. The SMILES string of the molecule is Cc1cc(F)ccc1[N+](=O)[O-].Cc1cc(NCCCN2CCCC2=O)ccc1N.Cc1cc(NCCCN2CCCC2=O)ccc1[N+](=O)[O-].Cl.Cl.NCCCN1CCCC1=O. The molecule has 3 aliphatic rings. The summed E-state index contributed by atoms with van der Waals surface area (Å²) in [4.78, 5) is 59.6. The first-order valence-electron chi connectivity index (χ1n) is 20.2. The van der Waals surface area contributed by atoms with E-state index in [1.165, 1.54) is 13.0 Å². The molecular formula is C42H62Cl2FN9O7. The highest BCUT2D eigenvalue weighted by atomic mass is 35.5. The zero-order valence-electron chi connectivity index (χ0n) is 35.4. The van der Waals surface area contributed by atoms with Gasteiger partial charge in [0.15, 0.2) is 0 Å². The van der Waals surface area contributed by atoms with Crippen molar-refractivity contribution in [1.29, 1.82) is 0 Å². The Balaban J connectivity index is 0.000000418. The van der Waals surface area contributed by atoms with Gasteiger partial charge in [0.1, 0.15) is 5.82 Å². The summed E-state index contributed by atoms with van der Waals surface area (Å²) in [5, 5.41) is 27.5. The van der Waals surface area contributed by atoms with Crippen molar-refractivity contribution in [3.05, 3.63) is 97.3 Å². The maximum Gasteiger partial charge on any atom is 0.272 e. The molecule has 0 atom stereocenters. The van der Waals surface area contributed by atoms with Crippen LogP contribution in [0.3, 0.4) is 0 Å². The number of rotatable bonds is 15. The molecule has 6 rings (SSSR count). The van der Waals surface area contributed by atoms with Gasteiger partial charge in [0, 0.05) is 112 Å². The van der Waals surface area contributed by atoms with Gasteiger partial charge in [-0.2, -0.15) is 0 Å². The van der Waals surface area contributed by atoms with Gasteiger partial charge in [-0.15, -0.1) is 24.8 Å². The maximum absolute atomic E-state index is 12.4. The van der Waals surface area contributed by atoms with Crippen molar-refractivity contribution in [2.75, 3.05) is 75.3 Å². The molecule has 6 N–H and O–H groups in total. The Labute approximate surface area is 370 Å². The lowest BCUT2D eigenvalue weighted by Crippen LogP contribution is -2.27. The van der Waals surface area contributed by atoms with Gasteiger partial charge in [-0.1, -0.05) is 0 Å². The molecule has 0 spiro atoms. The number of anilines is 3. The average Bonchev–Trinajstić information content (AvgIpc) is 3.93. The first-order valence-corrected chi connectivity index (χ1v) is 20.2. The molecule has 0 aromatic heterocycles. The predicted molar refractivity (Wildman–Crippen MR) is 243 cm³/mol. The number of nitrogen functional groups attached to an aromatic ring is 1. The molecule has 3 amide bonds. The maximum atomic E-state index is 12.4. The fraction of sp³-hybridized carbons (Fsp3) is 0.500. The van der Waals surface area contributed by atoms with Crippen LogP contribution in [0.5, 0.6) is 0 Å². The number of nitro benzene ring substituents is 2. The van der Waals surface area contributed by atoms with Crippen molar-refractivity contribution >= 4 is 71.0 Å². The van der Waals surface area contributed by atoms with E-state index in [0.717, 1.165) is 145 Å². The lowest BCUT2D eigenvalue weighted by atomic mass is 10.2. The number of nitrogens with zero attached hydrogens (tertiary/aromatic N) is 5. The summed E-state index contributed by atoms with van der Waals surface area (Å²) in [6, 6.07) is 14.3. The number of likely N-dealkylation sites (tertiary alicyclic amines) is 3. The van der Waals surface area contributed by atoms with Crippen LogP contribution in [0.4, 0.5) is 32.8 Å². The lowest BCUT2D eigenvalue weighted by molar-refractivity contribution is -0.385. The van der Waals surface area contributed by atoms with Gasteiger partial charge in [0.05, 0.1) is 9.85 Å². The number of aryl methyl sites for hydroxylation is 3. The molecule has 3 heterocycles. The van der Waals surface area contributed by atoms with Crippen LogP contribution < -0.4 is 22.1 Å². The second-order valence-electron chi connectivity index (χ2n) is 14.7. The Bertz CT molecular complexity index is 1890. The van der Waals surface area contributed by atoms with Crippen LogP contribution in [-0.2, 0) is 14.4 Å². The van der Waals surface area contributed by atoms with Crippen molar-refractivity contribution < 1.29 is 28.6 Å². The Morgan fingerprint density at radius 2 is 1.02 bits per heavy atom. The number of nitrogens with one attached hydrogen (secondary N) is 2. The first-order chi connectivity index (χ1) is 28.2. The van der Waals surface area contributed by atoms with E-state index in [4.69, 9.17) is 11.5 Å². The van der Waals surface area contributed by atoms with E-state index in [1.54, 1.807) is 19.1 Å². The van der Waals surface area contributed by atoms with Crippen LogP contribution in [0.25, 0.3) is 0 Å². The minimum Gasteiger partial charge on any atom is -0.399 e. The molecule has 0 saturated carbocycles. The quantitative estimate of drug-likeness (QED) is 0.0518. The Kier molecular flexibility index (Phi) is 24.9. The number of carbonyl (C=O) groups is 3. The molecular weight excluding hydrogens is 832 g/mol. The van der Waals surface area contributed by atoms with E-state index in [-0.39, 0.29) is 47.0 Å². The van der Waals surface area contributed by atoms with Crippen molar-refractivity contribution in [2.24, 2.45) is 5.73 Å². The van der Waals surface area contributed by atoms with E-state index >= 15 is 0 Å². The van der Waals surface area contributed by atoms with Crippen molar-refractivity contribution in [2.45, 2.75) is 78.6 Å². The number of hydrogen-bond acceptors (Lipinski definition) is 11. The number of hydrogen-bond donors (Lipinski definition) is 4.